The predicted octanol–water partition coefficient (Wildman–Crippen LogP) is 4.84. The molecule has 1 aliphatic heterocycles. The Kier molecular flexibility index (Phi) is 8.68. The number of ether oxygens (including phenoxy) is 3. The van der Waals surface area contributed by atoms with Crippen molar-refractivity contribution in [1.29, 1.82) is 0 Å². The number of anilines is 1. The van der Waals surface area contributed by atoms with E-state index in [-0.39, 0.29) is 38.4 Å². The summed E-state index contributed by atoms with van der Waals surface area (Å²) in [6.45, 7) is 5.42. The molecule has 0 aliphatic carbocycles. The van der Waals surface area contributed by atoms with E-state index in [4.69, 9.17) is 18.6 Å². The third-order valence-electron chi connectivity index (χ3n) is 6.10. The molecule has 0 saturated carbocycles. The minimum Gasteiger partial charge on any atom is -0.467 e. The Morgan fingerprint density at radius 2 is 1.78 bits per heavy atom. The van der Waals surface area contributed by atoms with E-state index in [1.54, 1.807) is 24.3 Å². The van der Waals surface area contributed by atoms with Gasteiger partial charge in [0.05, 0.1) is 19.4 Å². The van der Waals surface area contributed by atoms with Gasteiger partial charge in [-0.25, -0.2) is 4.79 Å². The molecular weight excluding hydrogens is 474 g/mol. The molecule has 0 atom stereocenters. The van der Waals surface area contributed by atoms with Crippen molar-refractivity contribution in [3.63, 3.8) is 0 Å². The van der Waals surface area contributed by atoms with Crippen LogP contribution in [0.5, 0.6) is 11.5 Å². The molecule has 1 aromatic heterocycles. The highest BCUT2D eigenvalue weighted by atomic mass is 16.7. The van der Waals surface area contributed by atoms with E-state index < -0.39 is 0 Å². The zero-order valence-electron chi connectivity index (χ0n) is 21.4. The number of hydrogen-bond acceptors (Lipinski definition) is 6. The standard InChI is InChI=1S/C28H33N3O6/c1-20(2)22-7-9-23(10-8-22)29-28(33)30(12-14-34-3)18-27(32)31(17-24-5-4-13-35-24)16-21-6-11-25-26(15-21)37-19-36-25/h4-11,13,15,20H,12,14,16-19H2,1-3H3,(H,29,33). The number of nitrogens with zero attached hydrogens (tertiary/aromatic N) is 2. The van der Waals surface area contributed by atoms with Gasteiger partial charge >= 0.3 is 6.03 Å². The topological polar surface area (TPSA) is 93.5 Å². The van der Waals surface area contributed by atoms with Crippen molar-refractivity contribution in [1.82, 2.24) is 9.80 Å². The molecule has 2 aromatic carbocycles. The summed E-state index contributed by atoms with van der Waals surface area (Å²) in [5.74, 6) is 2.14. The lowest BCUT2D eigenvalue weighted by atomic mass is 10.0. The molecule has 4 rings (SSSR count). The maximum Gasteiger partial charge on any atom is 0.322 e. The molecule has 0 unspecified atom stereocenters. The van der Waals surface area contributed by atoms with Crippen LogP contribution in [-0.2, 0) is 22.6 Å². The van der Waals surface area contributed by atoms with Crippen molar-refractivity contribution in [2.75, 3.05) is 38.9 Å². The van der Waals surface area contributed by atoms with Crippen LogP contribution in [-0.4, -0.2) is 55.3 Å². The highest BCUT2D eigenvalue weighted by Crippen LogP contribution is 2.33. The van der Waals surface area contributed by atoms with Gasteiger partial charge in [-0.15, -0.1) is 0 Å². The van der Waals surface area contributed by atoms with Crippen LogP contribution in [0.2, 0.25) is 0 Å². The van der Waals surface area contributed by atoms with Crippen LogP contribution in [0.4, 0.5) is 10.5 Å². The second-order valence-corrected chi connectivity index (χ2v) is 9.14. The van der Waals surface area contributed by atoms with E-state index in [1.807, 2.05) is 48.5 Å². The van der Waals surface area contributed by atoms with E-state index in [9.17, 15) is 9.59 Å². The lowest BCUT2D eigenvalue weighted by Crippen LogP contribution is -2.45. The molecule has 196 valence electrons. The Balaban J connectivity index is 1.47. The Morgan fingerprint density at radius 1 is 1.00 bits per heavy atom. The maximum absolute atomic E-state index is 13.5. The van der Waals surface area contributed by atoms with Gasteiger partial charge in [-0.2, -0.15) is 0 Å². The van der Waals surface area contributed by atoms with Gasteiger partial charge in [-0.3, -0.25) is 4.79 Å². The molecule has 0 saturated heterocycles. The summed E-state index contributed by atoms with van der Waals surface area (Å²) < 4.78 is 21.6. The lowest BCUT2D eigenvalue weighted by Gasteiger charge is -2.27. The molecule has 3 aromatic rings. The smallest absolute Gasteiger partial charge is 0.322 e. The van der Waals surface area contributed by atoms with Crippen molar-refractivity contribution in [3.8, 4) is 11.5 Å². The summed E-state index contributed by atoms with van der Waals surface area (Å²) in [5.41, 5.74) is 2.72. The fourth-order valence-corrected chi connectivity index (χ4v) is 3.95. The number of furan rings is 1. The first-order valence-electron chi connectivity index (χ1n) is 12.3. The third kappa shape index (κ3) is 7.04. The molecule has 0 bridgehead atoms. The van der Waals surface area contributed by atoms with Crippen molar-refractivity contribution in [2.24, 2.45) is 0 Å². The maximum atomic E-state index is 13.5. The van der Waals surface area contributed by atoms with Gasteiger partial charge in [-0.1, -0.05) is 32.0 Å². The molecule has 0 spiro atoms. The van der Waals surface area contributed by atoms with Gasteiger partial charge in [0.2, 0.25) is 12.7 Å². The van der Waals surface area contributed by atoms with E-state index in [2.05, 4.69) is 19.2 Å². The normalized spacial score (nSPS) is 12.0. The number of amides is 3. The summed E-state index contributed by atoms with van der Waals surface area (Å²) in [4.78, 5) is 29.8. The summed E-state index contributed by atoms with van der Waals surface area (Å²) >= 11 is 0. The fourth-order valence-electron chi connectivity index (χ4n) is 3.95. The zero-order valence-corrected chi connectivity index (χ0v) is 21.4. The van der Waals surface area contributed by atoms with Crippen molar-refractivity contribution < 1.29 is 28.2 Å². The van der Waals surface area contributed by atoms with E-state index >= 15 is 0 Å². The molecule has 1 N–H and O–H groups in total. The number of urea groups is 1. The first kappa shape index (κ1) is 26.1. The summed E-state index contributed by atoms with van der Waals surface area (Å²) in [6.07, 6.45) is 1.57. The number of hydrogen-bond donors (Lipinski definition) is 1. The van der Waals surface area contributed by atoms with Crippen molar-refractivity contribution >= 4 is 17.6 Å². The summed E-state index contributed by atoms with van der Waals surface area (Å²) in [6, 6.07) is 16.5. The highest BCUT2D eigenvalue weighted by molar-refractivity contribution is 5.92. The van der Waals surface area contributed by atoms with Gasteiger partial charge in [0, 0.05) is 25.9 Å². The predicted molar refractivity (Wildman–Crippen MR) is 139 cm³/mol. The summed E-state index contributed by atoms with van der Waals surface area (Å²) in [5, 5.41) is 2.90. The van der Waals surface area contributed by atoms with Gasteiger partial charge in [0.15, 0.2) is 11.5 Å². The third-order valence-corrected chi connectivity index (χ3v) is 6.10. The summed E-state index contributed by atoms with van der Waals surface area (Å²) in [7, 11) is 1.56. The van der Waals surface area contributed by atoms with Crippen molar-refractivity contribution in [3.05, 3.63) is 77.7 Å². The van der Waals surface area contributed by atoms with Crippen LogP contribution in [0.3, 0.4) is 0 Å². The minimum atomic E-state index is -0.372. The van der Waals surface area contributed by atoms with Gasteiger partial charge in [0.1, 0.15) is 12.3 Å². The Morgan fingerprint density at radius 3 is 2.49 bits per heavy atom. The number of nitrogens with one attached hydrogen (secondary N) is 1. The number of rotatable bonds is 11. The number of carbonyl (C=O) groups excluding carboxylic acids is 2. The van der Waals surface area contributed by atoms with E-state index in [0.29, 0.717) is 42.0 Å². The van der Waals surface area contributed by atoms with Gasteiger partial charge < -0.3 is 33.7 Å². The molecular formula is C28H33N3O6. The number of fused-ring (bicyclic) bond motifs is 1. The first-order valence-corrected chi connectivity index (χ1v) is 12.3. The second kappa shape index (κ2) is 12.3. The molecule has 0 radical (unpaired) electrons. The molecule has 9 nitrogen and oxygen atoms in total. The van der Waals surface area contributed by atoms with E-state index in [0.717, 1.165) is 5.56 Å². The molecule has 3 amide bonds. The van der Waals surface area contributed by atoms with Crippen LogP contribution < -0.4 is 14.8 Å². The quantitative estimate of drug-likeness (QED) is 0.399. The number of benzene rings is 2. The minimum absolute atomic E-state index is 0.121. The van der Waals surface area contributed by atoms with Crippen LogP contribution in [0, 0.1) is 0 Å². The van der Waals surface area contributed by atoms with Crippen LogP contribution in [0.1, 0.15) is 36.7 Å². The van der Waals surface area contributed by atoms with E-state index in [1.165, 1.54) is 10.5 Å². The Hall–Kier alpha value is -3.98. The zero-order chi connectivity index (χ0) is 26.2. The fraction of sp³-hybridized carbons (Fsp3) is 0.357. The number of methoxy groups -OCH3 is 1. The van der Waals surface area contributed by atoms with Crippen LogP contribution in [0.25, 0.3) is 0 Å². The molecule has 37 heavy (non-hydrogen) atoms. The number of carbonyl (C=O) groups is 2. The monoisotopic (exact) mass is 507 g/mol. The lowest BCUT2D eigenvalue weighted by molar-refractivity contribution is -0.133. The molecule has 2 heterocycles. The molecule has 9 heteroatoms. The van der Waals surface area contributed by atoms with Crippen LogP contribution >= 0.6 is 0 Å². The first-order chi connectivity index (χ1) is 17.9. The second-order valence-electron chi connectivity index (χ2n) is 9.14. The average molecular weight is 508 g/mol. The largest absolute Gasteiger partial charge is 0.467 e. The SMILES string of the molecule is COCCN(CC(=O)N(Cc1ccc2c(c1)OCO2)Cc1ccco1)C(=O)Nc1ccc(C(C)C)cc1. The Labute approximate surface area is 216 Å². The average Bonchev–Trinajstić information content (AvgIpc) is 3.58. The molecule has 0 fully saturated rings. The highest BCUT2D eigenvalue weighted by Gasteiger charge is 2.23. The molecule has 1 aliphatic rings. The van der Waals surface area contributed by atoms with Gasteiger partial charge in [-0.05, 0) is 53.4 Å². The van der Waals surface area contributed by atoms with Crippen LogP contribution in [0.15, 0.2) is 65.3 Å². The van der Waals surface area contributed by atoms with Crippen molar-refractivity contribution in [2.45, 2.75) is 32.9 Å². The Bertz CT molecular complexity index is 1180. The van der Waals surface area contributed by atoms with Gasteiger partial charge in [0.25, 0.3) is 0 Å².